The summed E-state index contributed by atoms with van der Waals surface area (Å²) in [5.41, 5.74) is -0.561. The molecule has 15 heavy (non-hydrogen) atoms. The van der Waals surface area contributed by atoms with Gasteiger partial charge in [-0.05, 0) is 12.1 Å². The van der Waals surface area contributed by atoms with Crippen LogP contribution >= 0.6 is 0 Å². The molecule has 0 unspecified atom stereocenters. The van der Waals surface area contributed by atoms with E-state index in [1.165, 1.54) is 0 Å². The number of halogens is 3. The molecule has 0 amide bonds. The van der Waals surface area contributed by atoms with Gasteiger partial charge in [-0.2, -0.15) is 8.78 Å². The molecule has 6 heteroatoms. The number of benzene rings is 1. The van der Waals surface area contributed by atoms with Gasteiger partial charge in [-0.3, -0.25) is 9.59 Å². The van der Waals surface area contributed by atoms with Crippen LogP contribution in [-0.4, -0.2) is 19.2 Å². The first-order valence-corrected chi connectivity index (χ1v) is 3.77. The molecule has 0 heterocycles. The molecule has 0 aliphatic carbocycles. The molecule has 0 saturated carbocycles. The fourth-order valence-corrected chi connectivity index (χ4v) is 1.01. The van der Waals surface area contributed by atoms with E-state index in [0.29, 0.717) is 12.4 Å². The van der Waals surface area contributed by atoms with Crippen LogP contribution in [0.4, 0.5) is 13.2 Å². The van der Waals surface area contributed by atoms with Crippen LogP contribution in [-0.2, 0) is 0 Å². The zero-order valence-electron chi connectivity index (χ0n) is 7.25. The van der Waals surface area contributed by atoms with Gasteiger partial charge in [-0.1, -0.05) is 0 Å². The SMILES string of the molecule is O=Cc1cc(F)c(OC(F)F)c(C=O)c1. The average Bonchev–Trinajstić information content (AvgIpc) is 2.20. The van der Waals surface area contributed by atoms with Crippen molar-refractivity contribution in [3.63, 3.8) is 0 Å². The number of carbonyl (C=O) groups is 2. The molecule has 0 fully saturated rings. The first-order valence-electron chi connectivity index (χ1n) is 3.77. The third-order valence-electron chi connectivity index (χ3n) is 1.56. The summed E-state index contributed by atoms with van der Waals surface area (Å²) in [6.45, 7) is -3.24. The van der Waals surface area contributed by atoms with Gasteiger partial charge in [0.05, 0.1) is 5.56 Å². The molecule has 3 nitrogen and oxygen atoms in total. The molecule has 0 atom stereocenters. The largest absolute Gasteiger partial charge is 0.431 e. The zero-order chi connectivity index (χ0) is 11.4. The van der Waals surface area contributed by atoms with Crippen LogP contribution in [0.5, 0.6) is 5.75 Å². The summed E-state index contributed by atoms with van der Waals surface area (Å²) in [7, 11) is 0. The normalized spacial score (nSPS) is 10.1. The minimum absolute atomic E-state index is 0.129. The van der Waals surface area contributed by atoms with Gasteiger partial charge in [0.25, 0.3) is 0 Å². The van der Waals surface area contributed by atoms with E-state index < -0.39 is 23.7 Å². The van der Waals surface area contributed by atoms with Gasteiger partial charge in [0.15, 0.2) is 17.9 Å². The Morgan fingerprint density at radius 3 is 2.33 bits per heavy atom. The number of ether oxygens (including phenoxy) is 1. The molecule has 0 N–H and O–H groups in total. The van der Waals surface area contributed by atoms with E-state index in [4.69, 9.17) is 0 Å². The second-order valence-electron chi connectivity index (χ2n) is 2.54. The lowest BCUT2D eigenvalue weighted by molar-refractivity contribution is -0.0524. The molecule has 1 rings (SSSR count). The lowest BCUT2D eigenvalue weighted by Crippen LogP contribution is -2.07. The first kappa shape index (κ1) is 11.2. The Kier molecular flexibility index (Phi) is 3.43. The van der Waals surface area contributed by atoms with Crippen LogP contribution in [0.15, 0.2) is 12.1 Å². The van der Waals surface area contributed by atoms with Crippen LogP contribution in [0, 0.1) is 5.82 Å². The number of hydrogen-bond donors (Lipinski definition) is 0. The monoisotopic (exact) mass is 218 g/mol. The fraction of sp³-hybridized carbons (Fsp3) is 0.111. The molecule has 0 aromatic heterocycles. The third-order valence-corrected chi connectivity index (χ3v) is 1.56. The molecular weight excluding hydrogens is 213 g/mol. The standard InChI is InChI=1S/C9H5F3O3/c10-7-2-5(3-13)1-6(4-14)8(7)15-9(11)12/h1-4,9H. The van der Waals surface area contributed by atoms with Gasteiger partial charge in [0.2, 0.25) is 0 Å². The highest BCUT2D eigenvalue weighted by Crippen LogP contribution is 2.24. The van der Waals surface area contributed by atoms with E-state index in [2.05, 4.69) is 4.74 Å². The highest BCUT2D eigenvalue weighted by Gasteiger charge is 2.15. The van der Waals surface area contributed by atoms with Crippen LogP contribution in [0.25, 0.3) is 0 Å². The summed E-state index contributed by atoms with van der Waals surface area (Å²) in [5, 5.41) is 0. The van der Waals surface area contributed by atoms with Gasteiger partial charge in [-0.25, -0.2) is 4.39 Å². The maximum atomic E-state index is 13.1. The highest BCUT2D eigenvalue weighted by molar-refractivity contribution is 5.85. The Morgan fingerprint density at radius 2 is 1.87 bits per heavy atom. The molecule has 0 saturated heterocycles. The Morgan fingerprint density at radius 1 is 1.20 bits per heavy atom. The second kappa shape index (κ2) is 4.59. The van der Waals surface area contributed by atoms with Gasteiger partial charge in [0, 0.05) is 5.56 Å². The first-order chi connectivity index (χ1) is 7.08. The third kappa shape index (κ3) is 2.55. The molecular formula is C9H5F3O3. The van der Waals surface area contributed by atoms with Crippen molar-refractivity contribution in [2.24, 2.45) is 0 Å². The lowest BCUT2D eigenvalue weighted by Gasteiger charge is -2.08. The molecule has 80 valence electrons. The fourth-order valence-electron chi connectivity index (χ4n) is 1.01. The van der Waals surface area contributed by atoms with Gasteiger partial charge >= 0.3 is 6.61 Å². The Hall–Kier alpha value is -1.85. The van der Waals surface area contributed by atoms with Crippen LogP contribution in [0.2, 0.25) is 0 Å². The number of aldehydes is 2. The number of carbonyl (C=O) groups excluding carboxylic acids is 2. The number of rotatable bonds is 4. The van der Waals surface area contributed by atoms with Crippen molar-refractivity contribution in [3.05, 3.63) is 29.1 Å². The van der Waals surface area contributed by atoms with Crippen molar-refractivity contribution in [2.75, 3.05) is 0 Å². The van der Waals surface area contributed by atoms with Crippen LogP contribution in [0.1, 0.15) is 20.7 Å². The van der Waals surface area contributed by atoms with E-state index >= 15 is 0 Å². The average molecular weight is 218 g/mol. The maximum absolute atomic E-state index is 13.1. The topological polar surface area (TPSA) is 43.4 Å². The minimum Gasteiger partial charge on any atom is -0.431 e. The summed E-state index contributed by atoms with van der Waals surface area (Å²) in [5.74, 6) is -2.03. The van der Waals surface area contributed by atoms with E-state index in [-0.39, 0.29) is 11.8 Å². The molecule has 0 radical (unpaired) electrons. The summed E-state index contributed by atoms with van der Waals surface area (Å²) < 4.78 is 40.5. The second-order valence-corrected chi connectivity index (χ2v) is 2.54. The Labute approximate surface area is 82.5 Å². The van der Waals surface area contributed by atoms with Crippen molar-refractivity contribution in [3.8, 4) is 5.75 Å². The predicted octanol–water partition coefficient (Wildman–Crippen LogP) is 2.05. The Balaban J connectivity index is 3.24. The van der Waals surface area contributed by atoms with Gasteiger partial charge in [0.1, 0.15) is 6.29 Å². The molecule has 0 bridgehead atoms. The summed E-state index contributed by atoms with van der Waals surface area (Å²) in [6.07, 6.45) is 0.427. The van der Waals surface area contributed by atoms with Crippen LogP contribution in [0.3, 0.4) is 0 Å². The quantitative estimate of drug-likeness (QED) is 0.726. The van der Waals surface area contributed by atoms with E-state index in [0.717, 1.165) is 6.07 Å². The van der Waals surface area contributed by atoms with Crippen molar-refractivity contribution in [2.45, 2.75) is 6.61 Å². The summed E-state index contributed by atoms with van der Waals surface area (Å²) in [6, 6.07) is 1.67. The highest BCUT2D eigenvalue weighted by atomic mass is 19.3. The smallest absolute Gasteiger partial charge is 0.387 e. The van der Waals surface area contributed by atoms with Crippen molar-refractivity contribution < 1.29 is 27.5 Å². The summed E-state index contributed by atoms with van der Waals surface area (Å²) in [4.78, 5) is 20.7. The summed E-state index contributed by atoms with van der Waals surface area (Å²) >= 11 is 0. The van der Waals surface area contributed by atoms with Crippen molar-refractivity contribution >= 4 is 12.6 Å². The zero-order valence-corrected chi connectivity index (χ0v) is 7.25. The van der Waals surface area contributed by atoms with Gasteiger partial charge < -0.3 is 4.74 Å². The van der Waals surface area contributed by atoms with E-state index in [1.807, 2.05) is 0 Å². The van der Waals surface area contributed by atoms with Crippen molar-refractivity contribution in [1.82, 2.24) is 0 Å². The molecule has 0 spiro atoms. The number of alkyl halides is 2. The van der Waals surface area contributed by atoms with Crippen molar-refractivity contribution in [1.29, 1.82) is 0 Å². The van der Waals surface area contributed by atoms with E-state index in [9.17, 15) is 22.8 Å². The molecule has 1 aromatic carbocycles. The molecule has 1 aromatic rings. The van der Waals surface area contributed by atoms with E-state index in [1.54, 1.807) is 0 Å². The predicted molar refractivity (Wildman–Crippen MR) is 43.8 cm³/mol. The molecule has 0 aliphatic rings. The van der Waals surface area contributed by atoms with Gasteiger partial charge in [-0.15, -0.1) is 0 Å². The number of hydrogen-bond acceptors (Lipinski definition) is 3. The van der Waals surface area contributed by atoms with Crippen LogP contribution < -0.4 is 4.74 Å². The Bertz CT molecular complexity index is 390. The molecule has 0 aliphatic heterocycles. The minimum atomic E-state index is -3.24. The maximum Gasteiger partial charge on any atom is 0.387 e. The lowest BCUT2D eigenvalue weighted by atomic mass is 10.1.